The normalized spacial score (nSPS) is 18.7. The van der Waals surface area contributed by atoms with E-state index in [1.54, 1.807) is 4.90 Å². The van der Waals surface area contributed by atoms with Gasteiger partial charge in [-0.15, -0.1) is 11.3 Å². The first kappa shape index (κ1) is 21.7. The van der Waals surface area contributed by atoms with E-state index in [1.807, 2.05) is 30.3 Å². The van der Waals surface area contributed by atoms with Crippen molar-refractivity contribution in [2.24, 2.45) is 5.92 Å². The van der Waals surface area contributed by atoms with E-state index < -0.39 is 5.97 Å². The Morgan fingerprint density at radius 2 is 1.94 bits per heavy atom. The number of nitrogens with two attached hydrogens (primary N) is 1. The molecule has 1 saturated heterocycles. The van der Waals surface area contributed by atoms with Crippen molar-refractivity contribution in [3.63, 3.8) is 0 Å². The zero-order chi connectivity index (χ0) is 22.9. The van der Waals surface area contributed by atoms with Crippen molar-refractivity contribution in [1.82, 2.24) is 9.88 Å². The SMILES string of the molecule is CC1CCc2nc3sc(C(=O)OC4CCN(C(=O)Nc5ccccc5)CC4)c(N)c3cc2C1. The molecular weight excluding hydrogens is 436 g/mol. The van der Waals surface area contributed by atoms with Gasteiger partial charge in [0.1, 0.15) is 15.8 Å². The smallest absolute Gasteiger partial charge is 0.350 e. The number of likely N-dealkylation sites (tertiary alicyclic amines) is 1. The highest BCUT2D eigenvalue weighted by molar-refractivity contribution is 7.21. The van der Waals surface area contributed by atoms with Gasteiger partial charge in [0.25, 0.3) is 0 Å². The molecule has 1 fully saturated rings. The van der Waals surface area contributed by atoms with E-state index in [1.165, 1.54) is 16.9 Å². The molecule has 2 amide bonds. The third-order valence-electron chi connectivity index (χ3n) is 6.55. The second-order valence-electron chi connectivity index (χ2n) is 9.03. The van der Waals surface area contributed by atoms with Crippen LogP contribution in [0.2, 0.25) is 0 Å². The van der Waals surface area contributed by atoms with Crippen molar-refractivity contribution in [2.45, 2.75) is 45.1 Å². The number of fused-ring (bicyclic) bond motifs is 2. The molecule has 0 spiro atoms. The summed E-state index contributed by atoms with van der Waals surface area (Å²) in [6, 6.07) is 11.4. The van der Waals surface area contributed by atoms with E-state index in [-0.39, 0.29) is 12.1 Å². The number of benzene rings is 1. The molecule has 172 valence electrons. The molecule has 1 aromatic carbocycles. The highest BCUT2D eigenvalue weighted by Crippen LogP contribution is 2.37. The number of para-hydroxylation sites is 1. The predicted octanol–water partition coefficient (Wildman–Crippen LogP) is 4.86. The number of rotatable bonds is 3. The molecular formula is C25H28N4O3S. The first-order valence-electron chi connectivity index (χ1n) is 11.5. The summed E-state index contributed by atoms with van der Waals surface area (Å²) >= 11 is 1.32. The fourth-order valence-electron chi connectivity index (χ4n) is 4.63. The van der Waals surface area contributed by atoms with Crippen molar-refractivity contribution in [3.8, 4) is 0 Å². The Balaban J connectivity index is 1.21. The number of ether oxygens (including phenoxy) is 1. The molecule has 3 N–H and O–H groups in total. The molecule has 0 radical (unpaired) electrons. The Morgan fingerprint density at radius 1 is 1.18 bits per heavy atom. The zero-order valence-corrected chi connectivity index (χ0v) is 19.5. The Hall–Kier alpha value is -3.13. The lowest BCUT2D eigenvalue weighted by Gasteiger charge is -2.31. The van der Waals surface area contributed by atoms with E-state index in [9.17, 15) is 9.59 Å². The van der Waals surface area contributed by atoms with Gasteiger partial charge in [-0.25, -0.2) is 14.6 Å². The van der Waals surface area contributed by atoms with Crippen LogP contribution >= 0.6 is 11.3 Å². The Labute approximate surface area is 196 Å². The fourth-order valence-corrected chi connectivity index (χ4v) is 5.61. The Bertz CT molecular complexity index is 1190. The number of hydrogen-bond donors (Lipinski definition) is 2. The third kappa shape index (κ3) is 4.53. The molecule has 0 bridgehead atoms. The first-order chi connectivity index (χ1) is 16.0. The molecule has 3 aromatic rings. The topological polar surface area (TPSA) is 97.5 Å². The van der Waals surface area contributed by atoms with Gasteiger partial charge in [0.05, 0.1) is 5.69 Å². The lowest BCUT2D eigenvalue weighted by Crippen LogP contribution is -2.43. The molecule has 2 aliphatic rings. The number of carbonyl (C=O) groups excluding carboxylic acids is 2. The number of anilines is 2. The van der Waals surface area contributed by atoms with Crippen LogP contribution < -0.4 is 11.1 Å². The number of nitrogen functional groups attached to an aromatic ring is 1. The van der Waals surface area contributed by atoms with Gasteiger partial charge in [0.15, 0.2) is 0 Å². The van der Waals surface area contributed by atoms with Crippen molar-refractivity contribution in [3.05, 3.63) is 52.5 Å². The van der Waals surface area contributed by atoms with Gasteiger partial charge in [-0.3, -0.25) is 0 Å². The largest absolute Gasteiger partial charge is 0.458 e. The van der Waals surface area contributed by atoms with Gasteiger partial charge < -0.3 is 20.7 Å². The molecule has 3 heterocycles. The van der Waals surface area contributed by atoms with Crippen molar-refractivity contribution >= 4 is 44.9 Å². The minimum Gasteiger partial charge on any atom is -0.458 e. The maximum absolute atomic E-state index is 12.9. The fraction of sp³-hybridized carbons (Fsp3) is 0.400. The minimum atomic E-state index is -0.394. The third-order valence-corrected chi connectivity index (χ3v) is 7.64. The van der Waals surface area contributed by atoms with E-state index >= 15 is 0 Å². The number of amides is 2. The molecule has 1 aliphatic heterocycles. The molecule has 8 heteroatoms. The highest BCUT2D eigenvalue weighted by Gasteiger charge is 2.28. The highest BCUT2D eigenvalue weighted by atomic mass is 32.1. The number of piperidine rings is 1. The summed E-state index contributed by atoms with van der Waals surface area (Å²) in [7, 11) is 0. The van der Waals surface area contributed by atoms with Crippen LogP contribution in [0.25, 0.3) is 10.2 Å². The van der Waals surface area contributed by atoms with Crippen LogP contribution in [0.4, 0.5) is 16.2 Å². The minimum absolute atomic E-state index is 0.135. The molecule has 5 rings (SSSR count). The second kappa shape index (κ2) is 9.02. The lowest BCUT2D eigenvalue weighted by atomic mass is 9.87. The molecule has 1 aliphatic carbocycles. The lowest BCUT2D eigenvalue weighted by molar-refractivity contribution is 0.0164. The Morgan fingerprint density at radius 3 is 2.70 bits per heavy atom. The van der Waals surface area contributed by atoms with Gasteiger partial charge in [-0.1, -0.05) is 25.1 Å². The van der Waals surface area contributed by atoms with E-state index in [4.69, 9.17) is 15.5 Å². The monoisotopic (exact) mass is 464 g/mol. The van der Waals surface area contributed by atoms with E-state index in [0.717, 1.165) is 40.9 Å². The van der Waals surface area contributed by atoms with Crippen LogP contribution in [-0.4, -0.2) is 41.1 Å². The van der Waals surface area contributed by atoms with Crippen molar-refractivity contribution in [1.29, 1.82) is 0 Å². The van der Waals surface area contributed by atoms with Crippen LogP contribution in [0, 0.1) is 5.92 Å². The number of carbonyl (C=O) groups is 2. The maximum Gasteiger partial charge on any atom is 0.350 e. The number of hydrogen-bond acceptors (Lipinski definition) is 6. The second-order valence-corrected chi connectivity index (χ2v) is 10.0. The van der Waals surface area contributed by atoms with Crippen LogP contribution in [0.1, 0.15) is 47.1 Å². The van der Waals surface area contributed by atoms with Gasteiger partial charge >= 0.3 is 12.0 Å². The summed E-state index contributed by atoms with van der Waals surface area (Å²) in [6.07, 6.45) is 4.09. The maximum atomic E-state index is 12.9. The van der Waals surface area contributed by atoms with Gasteiger partial charge in [0.2, 0.25) is 0 Å². The standard InChI is InChI=1S/C25H28N4O3S/c1-15-7-8-20-16(13-15)14-19-21(26)22(33-23(19)28-20)24(30)32-18-9-11-29(12-10-18)25(31)27-17-5-3-2-4-6-17/h2-6,14-15,18H,7-13,26H2,1H3,(H,27,31). The van der Waals surface area contributed by atoms with Crippen LogP contribution in [0.3, 0.4) is 0 Å². The van der Waals surface area contributed by atoms with Crippen LogP contribution in [0.5, 0.6) is 0 Å². The number of urea groups is 1. The number of nitrogens with zero attached hydrogens (tertiary/aromatic N) is 2. The average Bonchev–Trinajstić information content (AvgIpc) is 3.14. The predicted molar refractivity (Wildman–Crippen MR) is 131 cm³/mol. The molecule has 1 unspecified atom stereocenters. The molecule has 1 atom stereocenters. The van der Waals surface area contributed by atoms with Crippen LogP contribution in [-0.2, 0) is 17.6 Å². The summed E-state index contributed by atoms with van der Waals surface area (Å²) in [4.78, 5) is 33.2. The zero-order valence-electron chi connectivity index (χ0n) is 18.7. The quantitative estimate of drug-likeness (QED) is 0.540. The van der Waals surface area contributed by atoms with Gasteiger partial charge in [-0.2, -0.15) is 0 Å². The number of nitrogens with one attached hydrogen (secondary N) is 1. The molecule has 0 saturated carbocycles. The van der Waals surface area contributed by atoms with Crippen LogP contribution in [0.15, 0.2) is 36.4 Å². The number of aromatic nitrogens is 1. The van der Waals surface area contributed by atoms with Gasteiger partial charge in [-0.05, 0) is 48.9 Å². The molecule has 33 heavy (non-hydrogen) atoms. The molecule has 2 aromatic heterocycles. The van der Waals surface area contributed by atoms with E-state index in [0.29, 0.717) is 42.4 Å². The van der Waals surface area contributed by atoms with Gasteiger partial charge in [0, 0.05) is 42.7 Å². The summed E-state index contributed by atoms with van der Waals surface area (Å²) in [5, 5.41) is 3.75. The molecule has 7 nitrogen and oxygen atoms in total. The van der Waals surface area contributed by atoms with Crippen molar-refractivity contribution in [2.75, 3.05) is 24.1 Å². The summed E-state index contributed by atoms with van der Waals surface area (Å²) in [6.45, 7) is 3.32. The number of aryl methyl sites for hydroxylation is 1. The number of thiophene rings is 1. The summed E-state index contributed by atoms with van der Waals surface area (Å²) in [5.74, 6) is 0.246. The van der Waals surface area contributed by atoms with Crippen molar-refractivity contribution < 1.29 is 14.3 Å². The Kier molecular flexibility index (Phi) is 5.93. The number of esters is 1. The number of pyridine rings is 1. The average molecular weight is 465 g/mol. The summed E-state index contributed by atoms with van der Waals surface area (Å²) in [5.41, 5.74) is 9.96. The first-order valence-corrected chi connectivity index (χ1v) is 12.3. The summed E-state index contributed by atoms with van der Waals surface area (Å²) < 4.78 is 5.78. The van der Waals surface area contributed by atoms with E-state index in [2.05, 4.69) is 18.3 Å².